The van der Waals surface area contributed by atoms with Gasteiger partial charge in [-0.2, -0.15) is 0 Å². The molecule has 4 aromatic rings. The zero-order chi connectivity index (χ0) is 23.4. The van der Waals surface area contributed by atoms with Crippen LogP contribution in [0, 0.1) is 0 Å². The van der Waals surface area contributed by atoms with Crippen LogP contribution in [-0.2, 0) is 10.0 Å². The van der Waals surface area contributed by atoms with Crippen molar-refractivity contribution >= 4 is 33.0 Å². The van der Waals surface area contributed by atoms with Gasteiger partial charge in [0.1, 0.15) is 5.75 Å². The number of carbonyl (C=O) groups excluding carboxylic acids is 1. The van der Waals surface area contributed by atoms with E-state index in [2.05, 4.69) is 10.0 Å². The fourth-order valence-corrected chi connectivity index (χ4v) is 4.26. The predicted molar refractivity (Wildman–Crippen MR) is 130 cm³/mol. The Morgan fingerprint density at radius 3 is 2.09 bits per heavy atom. The first-order valence-electron chi connectivity index (χ1n) is 10.00. The van der Waals surface area contributed by atoms with Crippen LogP contribution in [0.15, 0.2) is 102 Å². The van der Waals surface area contributed by atoms with E-state index in [1.54, 1.807) is 12.1 Å². The average molecular weight is 460 g/mol. The molecule has 8 heteroatoms. The minimum absolute atomic E-state index is 0.0101. The van der Waals surface area contributed by atoms with Crippen LogP contribution in [0.5, 0.6) is 5.75 Å². The van der Waals surface area contributed by atoms with Gasteiger partial charge in [-0.3, -0.25) is 9.52 Å². The summed E-state index contributed by atoms with van der Waals surface area (Å²) < 4.78 is 27.6. The first kappa shape index (κ1) is 21.9. The molecule has 4 rings (SSSR count). The first-order chi connectivity index (χ1) is 15.8. The maximum Gasteiger partial charge on any atom is 0.262 e. The van der Waals surface area contributed by atoms with Gasteiger partial charge in [-0.25, -0.2) is 8.42 Å². The molecule has 1 amide bonds. The van der Waals surface area contributed by atoms with Gasteiger partial charge in [0.05, 0.1) is 10.6 Å². The average Bonchev–Trinajstić information content (AvgIpc) is 2.82. The van der Waals surface area contributed by atoms with E-state index in [9.17, 15) is 18.3 Å². The highest BCUT2D eigenvalue weighted by Gasteiger charge is 2.17. The maximum atomic E-state index is 12.7. The van der Waals surface area contributed by atoms with Gasteiger partial charge in [0.2, 0.25) is 0 Å². The Balaban J connectivity index is 1.50. The van der Waals surface area contributed by atoms with Crippen LogP contribution in [0.1, 0.15) is 10.4 Å². The lowest BCUT2D eigenvalue weighted by Crippen LogP contribution is -2.14. The summed E-state index contributed by atoms with van der Waals surface area (Å²) in [5.41, 5.74) is 8.75. The molecule has 0 bridgehead atoms. The normalized spacial score (nSPS) is 11.0. The molecule has 4 aromatic carbocycles. The zero-order valence-corrected chi connectivity index (χ0v) is 18.2. The Labute approximate surface area is 191 Å². The van der Waals surface area contributed by atoms with E-state index in [1.807, 2.05) is 42.5 Å². The molecule has 0 unspecified atom stereocenters. The van der Waals surface area contributed by atoms with Crippen LogP contribution in [0.25, 0.3) is 11.1 Å². The van der Waals surface area contributed by atoms with Gasteiger partial charge >= 0.3 is 0 Å². The molecule has 0 aromatic heterocycles. The lowest BCUT2D eigenvalue weighted by atomic mass is 10.0. The summed E-state index contributed by atoms with van der Waals surface area (Å²) in [6.45, 7) is 0. The molecular weight excluding hydrogens is 438 g/mol. The van der Waals surface area contributed by atoms with Crippen molar-refractivity contribution in [2.75, 3.05) is 15.8 Å². The predicted octanol–water partition coefficient (Wildman–Crippen LogP) is 4.69. The molecule has 0 heterocycles. The highest BCUT2D eigenvalue weighted by Crippen LogP contribution is 2.29. The molecule has 0 saturated carbocycles. The summed E-state index contributed by atoms with van der Waals surface area (Å²) in [7, 11) is -3.96. The van der Waals surface area contributed by atoms with Crippen molar-refractivity contribution < 1.29 is 18.3 Å². The topological polar surface area (TPSA) is 122 Å². The van der Waals surface area contributed by atoms with Crippen molar-refractivity contribution in [3.63, 3.8) is 0 Å². The van der Waals surface area contributed by atoms with Crippen molar-refractivity contribution in [1.29, 1.82) is 0 Å². The number of phenolic OH excluding ortho intramolecular Hbond substituents is 1. The Morgan fingerprint density at radius 1 is 0.788 bits per heavy atom. The monoisotopic (exact) mass is 459 g/mol. The van der Waals surface area contributed by atoms with E-state index in [0.717, 1.165) is 11.1 Å². The summed E-state index contributed by atoms with van der Waals surface area (Å²) in [6.07, 6.45) is 0. The number of benzene rings is 4. The molecule has 0 radical (unpaired) electrons. The Hall–Kier alpha value is -4.30. The second-order valence-corrected chi connectivity index (χ2v) is 8.99. The molecule has 0 atom stereocenters. The largest absolute Gasteiger partial charge is 0.506 e. The van der Waals surface area contributed by atoms with Crippen LogP contribution in [0.3, 0.4) is 0 Å². The fraction of sp³-hybridized carbons (Fsp3) is 0. The summed E-state index contributed by atoms with van der Waals surface area (Å²) in [4.78, 5) is 12.7. The number of nitrogens with one attached hydrogen (secondary N) is 2. The summed E-state index contributed by atoms with van der Waals surface area (Å²) >= 11 is 0. The van der Waals surface area contributed by atoms with Crippen LogP contribution in [-0.4, -0.2) is 19.4 Å². The number of nitrogen functional groups attached to an aromatic ring is 1. The van der Waals surface area contributed by atoms with Crippen molar-refractivity contribution in [3.8, 4) is 16.9 Å². The standard InChI is InChI=1S/C25H21N3O4S/c26-20-10-13-22(14-11-20)33(31,32)28-23-16-21(12-15-24(23)29)27-25(30)19-8-6-18(7-9-19)17-4-2-1-3-5-17/h1-16,28-29H,26H2,(H,27,30). The zero-order valence-electron chi connectivity index (χ0n) is 17.4. The van der Waals surface area contributed by atoms with Crippen LogP contribution in [0.4, 0.5) is 17.1 Å². The number of sulfonamides is 1. The molecule has 0 aliphatic carbocycles. The molecule has 7 nitrogen and oxygen atoms in total. The molecule has 0 aliphatic rings. The first-order valence-corrected chi connectivity index (χ1v) is 11.5. The van der Waals surface area contributed by atoms with Crippen LogP contribution < -0.4 is 15.8 Å². The van der Waals surface area contributed by atoms with E-state index < -0.39 is 10.0 Å². The molecular formula is C25H21N3O4S. The lowest BCUT2D eigenvalue weighted by Gasteiger charge is -2.12. The quantitative estimate of drug-likeness (QED) is 0.189. The van der Waals surface area contributed by atoms with E-state index >= 15 is 0 Å². The van der Waals surface area contributed by atoms with Gasteiger partial charge < -0.3 is 16.2 Å². The molecule has 0 spiro atoms. The van der Waals surface area contributed by atoms with E-state index in [-0.39, 0.29) is 22.2 Å². The van der Waals surface area contributed by atoms with Crippen molar-refractivity contribution in [1.82, 2.24) is 0 Å². The number of hydrogen-bond donors (Lipinski definition) is 4. The van der Waals surface area contributed by atoms with Gasteiger partial charge in [0.25, 0.3) is 15.9 Å². The third-order valence-corrected chi connectivity index (χ3v) is 6.32. The summed E-state index contributed by atoms with van der Waals surface area (Å²) in [5, 5.41) is 12.8. The van der Waals surface area contributed by atoms with Gasteiger partial charge in [0.15, 0.2) is 0 Å². The van der Waals surface area contributed by atoms with Crippen molar-refractivity contribution in [2.24, 2.45) is 0 Å². The van der Waals surface area contributed by atoms with E-state index in [0.29, 0.717) is 16.9 Å². The van der Waals surface area contributed by atoms with E-state index in [1.165, 1.54) is 42.5 Å². The Kier molecular flexibility index (Phi) is 6.01. The van der Waals surface area contributed by atoms with Crippen LogP contribution in [0.2, 0.25) is 0 Å². The fourth-order valence-electron chi connectivity index (χ4n) is 3.19. The smallest absolute Gasteiger partial charge is 0.262 e. The number of nitrogens with two attached hydrogens (primary N) is 1. The third-order valence-electron chi connectivity index (χ3n) is 4.94. The third kappa shape index (κ3) is 5.13. The molecule has 5 N–H and O–H groups in total. The highest BCUT2D eigenvalue weighted by molar-refractivity contribution is 7.92. The minimum Gasteiger partial charge on any atom is -0.506 e. The maximum absolute atomic E-state index is 12.7. The van der Waals surface area contributed by atoms with Gasteiger partial charge in [-0.05, 0) is 65.7 Å². The molecule has 166 valence electrons. The van der Waals surface area contributed by atoms with Gasteiger partial charge in [-0.1, -0.05) is 42.5 Å². The van der Waals surface area contributed by atoms with Crippen molar-refractivity contribution in [3.05, 3.63) is 103 Å². The number of amides is 1. The molecule has 33 heavy (non-hydrogen) atoms. The van der Waals surface area contributed by atoms with Crippen molar-refractivity contribution in [2.45, 2.75) is 4.90 Å². The Bertz CT molecular complexity index is 1390. The number of carbonyl (C=O) groups is 1. The number of rotatable bonds is 6. The molecule has 0 fully saturated rings. The number of phenols is 1. The Morgan fingerprint density at radius 2 is 1.42 bits per heavy atom. The lowest BCUT2D eigenvalue weighted by molar-refractivity contribution is 0.102. The highest BCUT2D eigenvalue weighted by atomic mass is 32.2. The summed E-state index contributed by atoms with van der Waals surface area (Å²) in [5.74, 6) is -0.646. The number of aromatic hydroxyl groups is 1. The molecule has 0 saturated heterocycles. The summed E-state index contributed by atoms with van der Waals surface area (Å²) in [6, 6.07) is 26.7. The number of hydrogen-bond acceptors (Lipinski definition) is 5. The molecule has 0 aliphatic heterocycles. The van der Waals surface area contributed by atoms with Gasteiger partial charge in [0, 0.05) is 16.9 Å². The van der Waals surface area contributed by atoms with Crippen LogP contribution >= 0.6 is 0 Å². The van der Waals surface area contributed by atoms with Gasteiger partial charge in [-0.15, -0.1) is 0 Å². The second kappa shape index (κ2) is 9.05. The number of anilines is 3. The minimum atomic E-state index is -3.96. The van der Waals surface area contributed by atoms with E-state index in [4.69, 9.17) is 5.73 Å². The SMILES string of the molecule is Nc1ccc(S(=O)(=O)Nc2cc(NC(=O)c3ccc(-c4ccccc4)cc3)ccc2O)cc1. The second-order valence-electron chi connectivity index (χ2n) is 7.30.